The van der Waals surface area contributed by atoms with Crippen LogP contribution in [0.1, 0.15) is 39.0 Å². The van der Waals surface area contributed by atoms with Crippen LogP contribution in [0.25, 0.3) is 0 Å². The molecule has 2 aliphatic rings. The molecule has 0 saturated carbocycles. The quantitative estimate of drug-likeness (QED) is 0.493. The van der Waals surface area contributed by atoms with E-state index in [1.807, 2.05) is 23.1 Å². The van der Waals surface area contributed by atoms with Crippen LogP contribution in [-0.2, 0) is 11.3 Å². The van der Waals surface area contributed by atoms with Gasteiger partial charge in [-0.1, -0.05) is 48.5 Å². The molecule has 5 rings (SSSR count). The number of hydrogen-bond donors (Lipinski definition) is 0. The van der Waals surface area contributed by atoms with Crippen molar-refractivity contribution in [3.8, 4) is 11.5 Å². The van der Waals surface area contributed by atoms with Gasteiger partial charge in [-0.2, -0.15) is 0 Å². The van der Waals surface area contributed by atoms with Crippen LogP contribution >= 0.6 is 0 Å². The molecule has 8 heteroatoms. The number of nitrogens with zero attached hydrogens (tertiary/aromatic N) is 3. The third-order valence-corrected chi connectivity index (χ3v) is 7.60. The van der Waals surface area contributed by atoms with Gasteiger partial charge in [-0.25, -0.2) is 4.39 Å². The molecular weight excluding hydrogens is 485 g/mol. The Morgan fingerprint density at radius 3 is 2.18 bits per heavy atom. The molecule has 3 aromatic rings. The van der Waals surface area contributed by atoms with Crippen molar-refractivity contribution in [2.24, 2.45) is 0 Å². The number of rotatable bonds is 6. The number of fused-ring (bicyclic) bond motifs is 1. The average molecular weight is 518 g/mol. The fourth-order valence-electron chi connectivity index (χ4n) is 5.58. The zero-order valence-electron chi connectivity index (χ0n) is 21.9. The van der Waals surface area contributed by atoms with E-state index in [1.165, 1.54) is 30.7 Å². The van der Waals surface area contributed by atoms with E-state index in [2.05, 4.69) is 17.0 Å². The van der Waals surface area contributed by atoms with Crippen molar-refractivity contribution >= 4 is 11.8 Å². The number of benzene rings is 3. The summed E-state index contributed by atoms with van der Waals surface area (Å²) in [6, 6.07) is 19.1. The topological polar surface area (TPSA) is 62.3 Å². The first-order chi connectivity index (χ1) is 18.4. The maximum atomic E-state index is 15.1. The number of ether oxygens (including phenoxy) is 2. The Morgan fingerprint density at radius 2 is 1.53 bits per heavy atom. The minimum Gasteiger partial charge on any atom is -0.493 e. The molecule has 0 N–H and O–H groups in total. The molecule has 7 nitrogen and oxygen atoms in total. The monoisotopic (exact) mass is 517 g/mol. The molecule has 38 heavy (non-hydrogen) atoms. The summed E-state index contributed by atoms with van der Waals surface area (Å²) >= 11 is 0. The first kappa shape index (κ1) is 25.7. The van der Waals surface area contributed by atoms with Crippen LogP contribution in [-0.4, -0.2) is 74.0 Å². The highest BCUT2D eigenvalue weighted by molar-refractivity contribution is 6.02. The number of piperazine rings is 1. The molecule has 0 bridgehead atoms. The lowest BCUT2D eigenvalue weighted by molar-refractivity contribution is -0.136. The van der Waals surface area contributed by atoms with Crippen LogP contribution in [0.2, 0.25) is 0 Å². The van der Waals surface area contributed by atoms with Gasteiger partial charge in [-0.3, -0.25) is 14.5 Å². The Balaban J connectivity index is 1.50. The normalized spacial score (nSPS) is 19.7. The lowest BCUT2D eigenvalue weighted by Gasteiger charge is -2.43. The molecule has 2 heterocycles. The fraction of sp³-hybridized carbons (Fsp3) is 0.333. The first-order valence-corrected chi connectivity index (χ1v) is 12.8. The van der Waals surface area contributed by atoms with Crippen LogP contribution in [0.4, 0.5) is 4.39 Å². The van der Waals surface area contributed by atoms with Gasteiger partial charge in [0.2, 0.25) is 5.91 Å². The number of carbonyl (C=O) groups excluding carboxylic acids is 2. The van der Waals surface area contributed by atoms with Gasteiger partial charge in [-0.15, -0.1) is 0 Å². The van der Waals surface area contributed by atoms with Crippen molar-refractivity contribution in [2.45, 2.75) is 18.5 Å². The highest BCUT2D eigenvalue weighted by Crippen LogP contribution is 2.46. The molecule has 0 spiro atoms. The van der Waals surface area contributed by atoms with Gasteiger partial charge in [0.1, 0.15) is 5.82 Å². The van der Waals surface area contributed by atoms with E-state index in [0.29, 0.717) is 41.3 Å². The minimum atomic E-state index is -0.802. The standard InChI is InChI=1S/C30H32FN3O4/c1-32-28(21-11-7-8-12-24(21)31)27(22-17-25(37-2)26(38-3)18-23(22)29(32)35)30(36)34-15-13-33(14-16-34)19-20-9-5-4-6-10-20/h4-12,17-18,27-28H,13-16,19H2,1-3H3. The summed E-state index contributed by atoms with van der Waals surface area (Å²) in [4.78, 5) is 33.4. The van der Waals surface area contributed by atoms with Crippen molar-refractivity contribution < 1.29 is 23.5 Å². The van der Waals surface area contributed by atoms with E-state index in [9.17, 15) is 9.59 Å². The van der Waals surface area contributed by atoms with Crippen LogP contribution in [0.3, 0.4) is 0 Å². The summed E-state index contributed by atoms with van der Waals surface area (Å²) in [7, 11) is 4.64. The van der Waals surface area contributed by atoms with Gasteiger partial charge in [0.15, 0.2) is 11.5 Å². The second kappa shape index (κ2) is 10.8. The predicted octanol–water partition coefficient (Wildman–Crippen LogP) is 4.10. The smallest absolute Gasteiger partial charge is 0.254 e. The minimum absolute atomic E-state index is 0.134. The molecule has 2 atom stereocenters. The van der Waals surface area contributed by atoms with Crippen molar-refractivity contribution in [1.29, 1.82) is 0 Å². The highest BCUT2D eigenvalue weighted by Gasteiger charge is 2.46. The Kier molecular flexibility index (Phi) is 7.33. The Bertz CT molecular complexity index is 1320. The third-order valence-electron chi connectivity index (χ3n) is 7.60. The van der Waals surface area contributed by atoms with Gasteiger partial charge in [-0.05, 0) is 29.3 Å². The second-order valence-corrected chi connectivity index (χ2v) is 9.74. The van der Waals surface area contributed by atoms with Gasteiger partial charge in [0.05, 0.1) is 26.2 Å². The molecular formula is C30H32FN3O4. The number of halogens is 1. The van der Waals surface area contributed by atoms with E-state index < -0.39 is 17.8 Å². The Hall–Kier alpha value is -3.91. The molecule has 2 unspecified atom stereocenters. The van der Waals surface area contributed by atoms with Crippen LogP contribution in [0.15, 0.2) is 66.7 Å². The molecule has 2 amide bonds. The number of amides is 2. The van der Waals surface area contributed by atoms with E-state index in [-0.39, 0.29) is 11.8 Å². The van der Waals surface area contributed by atoms with Gasteiger partial charge >= 0.3 is 0 Å². The lowest BCUT2D eigenvalue weighted by atomic mass is 9.78. The number of hydrogen-bond acceptors (Lipinski definition) is 5. The molecule has 1 fully saturated rings. The Morgan fingerprint density at radius 1 is 0.895 bits per heavy atom. The zero-order chi connectivity index (χ0) is 26.8. The van der Waals surface area contributed by atoms with Gasteiger partial charge in [0.25, 0.3) is 5.91 Å². The molecule has 3 aromatic carbocycles. The summed E-state index contributed by atoms with van der Waals surface area (Å²) in [6.07, 6.45) is 0. The summed E-state index contributed by atoms with van der Waals surface area (Å²) in [5.74, 6) is -0.868. The number of likely N-dealkylation sites (N-methyl/N-ethyl adjacent to an activating group) is 1. The van der Waals surface area contributed by atoms with E-state index in [1.54, 1.807) is 37.4 Å². The molecule has 0 aliphatic carbocycles. The average Bonchev–Trinajstić information content (AvgIpc) is 2.95. The van der Waals surface area contributed by atoms with E-state index in [4.69, 9.17) is 9.47 Å². The van der Waals surface area contributed by atoms with Crippen molar-refractivity contribution in [1.82, 2.24) is 14.7 Å². The maximum Gasteiger partial charge on any atom is 0.254 e. The predicted molar refractivity (Wildman–Crippen MR) is 142 cm³/mol. The first-order valence-electron chi connectivity index (χ1n) is 12.8. The third kappa shape index (κ3) is 4.72. The molecule has 2 aliphatic heterocycles. The fourth-order valence-corrected chi connectivity index (χ4v) is 5.58. The van der Waals surface area contributed by atoms with Crippen molar-refractivity contribution in [3.63, 3.8) is 0 Å². The van der Waals surface area contributed by atoms with Gasteiger partial charge < -0.3 is 19.3 Å². The summed E-state index contributed by atoms with van der Waals surface area (Å²) in [6.45, 7) is 3.37. The summed E-state index contributed by atoms with van der Waals surface area (Å²) < 4.78 is 26.1. The second-order valence-electron chi connectivity index (χ2n) is 9.74. The number of carbonyl (C=O) groups is 2. The van der Waals surface area contributed by atoms with Crippen molar-refractivity contribution in [2.75, 3.05) is 47.4 Å². The molecule has 0 radical (unpaired) electrons. The summed E-state index contributed by atoms with van der Waals surface area (Å²) in [5.41, 5.74) is 2.42. The van der Waals surface area contributed by atoms with E-state index in [0.717, 1.165) is 19.6 Å². The Labute approximate surface area is 222 Å². The largest absolute Gasteiger partial charge is 0.493 e. The zero-order valence-corrected chi connectivity index (χ0v) is 21.9. The summed E-state index contributed by atoms with van der Waals surface area (Å²) in [5, 5.41) is 0. The van der Waals surface area contributed by atoms with Crippen molar-refractivity contribution in [3.05, 3.63) is 94.8 Å². The van der Waals surface area contributed by atoms with Crippen LogP contribution in [0, 0.1) is 5.82 Å². The highest BCUT2D eigenvalue weighted by atomic mass is 19.1. The van der Waals surface area contributed by atoms with E-state index >= 15 is 4.39 Å². The van der Waals surface area contributed by atoms with Crippen LogP contribution < -0.4 is 9.47 Å². The molecule has 198 valence electrons. The maximum absolute atomic E-state index is 15.1. The lowest BCUT2D eigenvalue weighted by Crippen LogP contribution is -2.52. The SMILES string of the molecule is COc1cc2c(cc1OC)C(C(=O)N1CCN(Cc3ccccc3)CC1)C(c1ccccc1F)N(C)C2=O. The number of methoxy groups -OCH3 is 2. The van der Waals surface area contributed by atoms with Crippen LogP contribution in [0.5, 0.6) is 11.5 Å². The molecule has 1 saturated heterocycles. The van der Waals surface area contributed by atoms with Gasteiger partial charge in [0, 0.05) is 50.9 Å². The molecule has 0 aromatic heterocycles.